The van der Waals surface area contributed by atoms with Gasteiger partial charge in [0.2, 0.25) is 5.91 Å². The number of amides is 1. The first-order valence-corrected chi connectivity index (χ1v) is 7.87. The number of nitrogens with two attached hydrogens (primary N) is 1. The summed E-state index contributed by atoms with van der Waals surface area (Å²) in [6.45, 7) is 2.86. The Hall–Kier alpha value is -1.13. The van der Waals surface area contributed by atoms with Crippen molar-refractivity contribution in [3.8, 4) is 0 Å². The van der Waals surface area contributed by atoms with Gasteiger partial charge in [0.1, 0.15) is 5.82 Å². The fraction of sp³-hybridized carbons (Fsp3) is 0.562. The molecule has 0 saturated carbocycles. The lowest BCUT2D eigenvalue weighted by molar-refractivity contribution is -0.119. The zero-order valence-corrected chi connectivity index (χ0v) is 12.9. The zero-order chi connectivity index (χ0) is 15.2. The Balaban J connectivity index is 1.79. The molecule has 1 unspecified atom stereocenters. The Morgan fingerprint density at radius 2 is 2.29 bits per heavy atom. The lowest BCUT2D eigenvalue weighted by atomic mass is 9.94. The molecule has 1 heterocycles. The van der Waals surface area contributed by atoms with Gasteiger partial charge in [0.05, 0.1) is 0 Å². The van der Waals surface area contributed by atoms with E-state index in [2.05, 4.69) is 4.90 Å². The second-order valence-corrected chi connectivity index (χ2v) is 6.19. The Bertz CT molecular complexity index is 475. The van der Waals surface area contributed by atoms with Crippen molar-refractivity contribution in [3.63, 3.8) is 0 Å². The van der Waals surface area contributed by atoms with Gasteiger partial charge in [-0.05, 0) is 56.8 Å². The van der Waals surface area contributed by atoms with E-state index in [0.717, 1.165) is 38.9 Å². The number of nitrogens with zero attached hydrogens (tertiary/aromatic N) is 1. The highest BCUT2D eigenvalue weighted by Gasteiger charge is 2.21. The van der Waals surface area contributed by atoms with Crippen LogP contribution < -0.4 is 5.73 Å². The van der Waals surface area contributed by atoms with E-state index in [-0.39, 0.29) is 11.7 Å². The zero-order valence-electron chi connectivity index (χ0n) is 12.2. The maximum absolute atomic E-state index is 13.7. The van der Waals surface area contributed by atoms with Crippen LogP contribution in [0.4, 0.5) is 4.39 Å². The number of primary amides is 1. The predicted molar refractivity (Wildman–Crippen MR) is 82.7 cm³/mol. The Morgan fingerprint density at radius 1 is 1.48 bits per heavy atom. The summed E-state index contributed by atoms with van der Waals surface area (Å²) >= 11 is 6.03. The fourth-order valence-corrected chi connectivity index (χ4v) is 3.31. The van der Waals surface area contributed by atoms with E-state index >= 15 is 0 Å². The quantitative estimate of drug-likeness (QED) is 0.877. The number of halogens is 2. The summed E-state index contributed by atoms with van der Waals surface area (Å²) in [5.41, 5.74) is 5.87. The van der Waals surface area contributed by atoms with Gasteiger partial charge < -0.3 is 10.6 Å². The van der Waals surface area contributed by atoms with Crippen molar-refractivity contribution >= 4 is 17.5 Å². The normalized spacial score (nSPS) is 19.6. The first kappa shape index (κ1) is 16.2. The lowest BCUT2D eigenvalue weighted by Crippen LogP contribution is -2.37. The third kappa shape index (κ3) is 4.97. The van der Waals surface area contributed by atoms with Gasteiger partial charge in [0.25, 0.3) is 0 Å². The van der Waals surface area contributed by atoms with E-state index in [1.165, 1.54) is 6.07 Å². The molecule has 0 aromatic heterocycles. The number of hydrogen-bond donors (Lipinski definition) is 1. The molecule has 2 N–H and O–H groups in total. The number of benzene rings is 1. The second-order valence-electron chi connectivity index (χ2n) is 5.78. The van der Waals surface area contributed by atoms with Gasteiger partial charge in [0, 0.05) is 23.6 Å². The molecule has 0 aliphatic carbocycles. The molecule has 1 saturated heterocycles. The SMILES string of the molecule is NC(=O)CC1CCCN(CCCc2c(F)cccc2Cl)C1. The van der Waals surface area contributed by atoms with Crippen molar-refractivity contribution in [3.05, 3.63) is 34.6 Å². The van der Waals surface area contributed by atoms with Gasteiger partial charge in [0.15, 0.2) is 0 Å². The third-order valence-electron chi connectivity index (χ3n) is 4.06. The van der Waals surface area contributed by atoms with Crippen LogP contribution in [-0.2, 0) is 11.2 Å². The third-order valence-corrected chi connectivity index (χ3v) is 4.41. The summed E-state index contributed by atoms with van der Waals surface area (Å²) in [5.74, 6) is -0.0824. The van der Waals surface area contributed by atoms with E-state index in [4.69, 9.17) is 17.3 Å². The van der Waals surface area contributed by atoms with E-state index < -0.39 is 0 Å². The largest absolute Gasteiger partial charge is 0.370 e. The Morgan fingerprint density at radius 3 is 3.00 bits per heavy atom. The van der Waals surface area contributed by atoms with Crippen LogP contribution in [0.5, 0.6) is 0 Å². The number of hydrogen-bond acceptors (Lipinski definition) is 2. The molecule has 0 spiro atoms. The molecule has 21 heavy (non-hydrogen) atoms. The number of carbonyl (C=O) groups excluding carboxylic acids is 1. The summed E-state index contributed by atoms with van der Waals surface area (Å²) in [7, 11) is 0. The monoisotopic (exact) mass is 312 g/mol. The smallest absolute Gasteiger partial charge is 0.217 e. The van der Waals surface area contributed by atoms with Crippen molar-refractivity contribution in [1.29, 1.82) is 0 Å². The first-order valence-electron chi connectivity index (χ1n) is 7.50. The number of carbonyl (C=O) groups is 1. The van der Waals surface area contributed by atoms with Gasteiger partial charge in [-0.15, -0.1) is 0 Å². The van der Waals surface area contributed by atoms with E-state index in [1.54, 1.807) is 12.1 Å². The van der Waals surface area contributed by atoms with Crippen LogP contribution in [-0.4, -0.2) is 30.4 Å². The minimum Gasteiger partial charge on any atom is -0.370 e. The van der Waals surface area contributed by atoms with E-state index in [9.17, 15) is 9.18 Å². The topological polar surface area (TPSA) is 46.3 Å². The van der Waals surface area contributed by atoms with Crippen molar-refractivity contribution in [2.75, 3.05) is 19.6 Å². The highest BCUT2D eigenvalue weighted by molar-refractivity contribution is 6.31. The summed E-state index contributed by atoms with van der Waals surface area (Å²) in [6.07, 6.45) is 4.14. The minimum absolute atomic E-state index is 0.222. The molecule has 3 nitrogen and oxygen atoms in total. The van der Waals surface area contributed by atoms with E-state index in [0.29, 0.717) is 29.3 Å². The Kier molecular flexibility index (Phi) is 6.00. The minimum atomic E-state index is -0.229. The molecule has 0 bridgehead atoms. The molecule has 1 aromatic rings. The highest BCUT2D eigenvalue weighted by Crippen LogP contribution is 2.22. The van der Waals surface area contributed by atoms with Gasteiger partial charge in [-0.25, -0.2) is 4.39 Å². The van der Waals surface area contributed by atoms with Crippen LogP contribution in [0.1, 0.15) is 31.2 Å². The summed E-state index contributed by atoms with van der Waals surface area (Å²) in [5, 5.41) is 0.500. The molecule has 1 amide bonds. The van der Waals surface area contributed by atoms with Crippen LogP contribution in [0.15, 0.2) is 18.2 Å². The summed E-state index contributed by atoms with van der Waals surface area (Å²) in [6, 6.07) is 4.80. The summed E-state index contributed by atoms with van der Waals surface area (Å²) in [4.78, 5) is 13.3. The maximum atomic E-state index is 13.7. The van der Waals surface area contributed by atoms with Crippen LogP contribution in [0.3, 0.4) is 0 Å². The predicted octanol–water partition coefficient (Wildman–Crippen LogP) is 3.00. The molecule has 5 heteroatoms. The van der Waals surface area contributed by atoms with E-state index in [1.807, 2.05) is 0 Å². The second kappa shape index (κ2) is 7.76. The molecule has 1 aromatic carbocycles. The highest BCUT2D eigenvalue weighted by atomic mass is 35.5. The molecule has 1 aliphatic heterocycles. The van der Waals surface area contributed by atoms with Gasteiger partial charge in [-0.1, -0.05) is 17.7 Å². The Labute approximate surface area is 130 Å². The molecule has 116 valence electrons. The molecule has 1 atom stereocenters. The fourth-order valence-electron chi connectivity index (χ4n) is 3.06. The van der Waals surface area contributed by atoms with Crippen molar-refractivity contribution in [1.82, 2.24) is 4.90 Å². The van der Waals surface area contributed by atoms with Crippen molar-refractivity contribution in [2.24, 2.45) is 11.7 Å². The van der Waals surface area contributed by atoms with Crippen LogP contribution >= 0.6 is 11.6 Å². The molecular weight excluding hydrogens is 291 g/mol. The molecule has 0 radical (unpaired) electrons. The van der Waals surface area contributed by atoms with Crippen LogP contribution in [0, 0.1) is 11.7 Å². The molecule has 1 fully saturated rings. The van der Waals surface area contributed by atoms with Gasteiger partial charge >= 0.3 is 0 Å². The number of likely N-dealkylation sites (tertiary alicyclic amines) is 1. The van der Waals surface area contributed by atoms with Crippen molar-refractivity contribution < 1.29 is 9.18 Å². The summed E-state index contributed by atoms with van der Waals surface area (Å²) < 4.78 is 13.7. The molecule has 1 aliphatic rings. The molecule has 2 rings (SSSR count). The number of piperidine rings is 1. The average molecular weight is 313 g/mol. The van der Waals surface area contributed by atoms with Gasteiger partial charge in [-0.2, -0.15) is 0 Å². The van der Waals surface area contributed by atoms with Crippen LogP contribution in [0.2, 0.25) is 5.02 Å². The standard InChI is InChI=1S/C16H22ClFN2O/c17-14-6-1-7-15(18)13(14)5-3-9-20-8-2-4-12(11-20)10-16(19)21/h1,6-7,12H,2-5,8-11H2,(H2,19,21). The van der Waals surface area contributed by atoms with Crippen molar-refractivity contribution in [2.45, 2.75) is 32.1 Å². The lowest BCUT2D eigenvalue weighted by Gasteiger charge is -2.32. The van der Waals surface area contributed by atoms with Gasteiger partial charge in [-0.3, -0.25) is 4.79 Å². The molecular formula is C16H22ClFN2O. The maximum Gasteiger partial charge on any atom is 0.217 e. The first-order chi connectivity index (χ1) is 10.1. The number of rotatable bonds is 6. The average Bonchev–Trinajstić information content (AvgIpc) is 2.42. The van der Waals surface area contributed by atoms with Crippen LogP contribution in [0.25, 0.3) is 0 Å².